The molecule has 0 radical (unpaired) electrons. The van der Waals surface area contributed by atoms with Crippen LogP contribution in [0.15, 0.2) is 0 Å². The van der Waals surface area contributed by atoms with E-state index in [4.69, 9.17) is 33.2 Å². The van der Waals surface area contributed by atoms with E-state index in [1.807, 2.05) is 0 Å². The van der Waals surface area contributed by atoms with E-state index in [1.54, 1.807) is 0 Å². The van der Waals surface area contributed by atoms with Gasteiger partial charge in [0.1, 0.15) is 0 Å². The highest BCUT2D eigenvalue weighted by Crippen LogP contribution is 2.30. The van der Waals surface area contributed by atoms with Crippen molar-refractivity contribution in [1.82, 2.24) is 0 Å². The van der Waals surface area contributed by atoms with Gasteiger partial charge >= 0.3 is 12.0 Å². The van der Waals surface area contributed by atoms with Gasteiger partial charge in [0.05, 0.1) is 0 Å². The molecule has 0 aliphatic heterocycles. The maximum atomic E-state index is 13.4. The summed E-state index contributed by atoms with van der Waals surface area (Å²) in [7, 11) is 0. The zero-order valence-corrected chi connectivity index (χ0v) is 18.2. The van der Waals surface area contributed by atoms with Crippen molar-refractivity contribution >= 4 is 45.2 Å². The van der Waals surface area contributed by atoms with Crippen LogP contribution in [0.4, 0.5) is 22.0 Å². The summed E-state index contributed by atoms with van der Waals surface area (Å²) in [6, 6.07) is -1.89. The summed E-state index contributed by atoms with van der Waals surface area (Å²) in [5.41, 5.74) is 0. The maximum Gasteiger partial charge on any atom is 0.341 e. The molecule has 1 aromatic rings. The van der Waals surface area contributed by atoms with Crippen LogP contribution in [0.1, 0.15) is 57.8 Å². The van der Waals surface area contributed by atoms with Crippen LogP contribution in [0.3, 0.4) is 0 Å². The number of halogens is 8. The molecule has 0 saturated heterocycles. The van der Waals surface area contributed by atoms with Crippen LogP contribution in [0.5, 0.6) is 5.75 Å². The van der Waals surface area contributed by atoms with E-state index < -0.39 is 46.8 Å². The normalized spacial score (nSPS) is 11.7. The summed E-state index contributed by atoms with van der Waals surface area (Å²) in [5, 5.41) is 0. The van der Waals surface area contributed by atoms with Crippen LogP contribution in [-0.4, -0.2) is 12.0 Å². The lowest BCUT2D eigenvalue weighted by Gasteiger charge is -2.09. The number of unbranched alkanes of at least 4 members (excludes halogenated alkanes) is 7. The molecule has 0 fully saturated rings. The molecule has 1 aromatic carbocycles. The SMILES string of the molecule is O=C(CCCCCCCCCC[Si](Cl)(Cl)Cl)Oc1c(F)c(F)c(F)c(F)c1F. The molecule has 0 heterocycles. The van der Waals surface area contributed by atoms with E-state index in [0.717, 1.165) is 38.5 Å². The van der Waals surface area contributed by atoms with Gasteiger partial charge in [-0.2, -0.15) is 8.78 Å². The number of carbonyl (C=O) groups excluding carboxylic acids is 1. The third-order valence-electron chi connectivity index (χ3n) is 3.98. The molecule has 2 nitrogen and oxygen atoms in total. The van der Waals surface area contributed by atoms with E-state index in [1.165, 1.54) is 0 Å². The highest BCUT2D eigenvalue weighted by Gasteiger charge is 2.28. The molecule has 28 heavy (non-hydrogen) atoms. The minimum Gasteiger partial charge on any atom is -0.420 e. The maximum absolute atomic E-state index is 13.4. The topological polar surface area (TPSA) is 26.3 Å². The summed E-state index contributed by atoms with van der Waals surface area (Å²) in [6.45, 7) is 0. The number of esters is 1. The van der Waals surface area contributed by atoms with Gasteiger partial charge in [0.2, 0.25) is 34.8 Å². The third-order valence-corrected chi connectivity index (χ3v) is 6.60. The largest absolute Gasteiger partial charge is 0.420 e. The Labute approximate surface area is 175 Å². The van der Waals surface area contributed by atoms with Gasteiger partial charge in [-0.1, -0.05) is 44.9 Å². The van der Waals surface area contributed by atoms with Gasteiger partial charge in [-0.05, 0) is 12.5 Å². The second-order valence-electron chi connectivity index (χ2n) is 6.32. The van der Waals surface area contributed by atoms with E-state index in [2.05, 4.69) is 4.74 Å². The summed E-state index contributed by atoms with van der Waals surface area (Å²) in [5.74, 6) is -13.6. The van der Waals surface area contributed by atoms with Gasteiger partial charge in [-0.3, -0.25) is 4.79 Å². The Morgan fingerprint density at radius 1 is 0.679 bits per heavy atom. The Morgan fingerprint density at radius 3 is 1.54 bits per heavy atom. The summed E-state index contributed by atoms with van der Waals surface area (Å²) in [4.78, 5) is 11.6. The highest BCUT2D eigenvalue weighted by molar-refractivity contribution is 7.64. The molecule has 0 aliphatic rings. The van der Waals surface area contributed by atoms with Crippen LogP contribution < -0.4 is 4.74 Å². The minimum atomic E-state index is -2.53. The lowest BCUT2D eigenvalue weighted by molar-refractivity contribution is -0.135. The van der Waals surface area contributed by atoms with Gasteiger partial charge < -0.3 is 4.74 Å². The van der Waals surface area contributed by atoms with E-state index in [9.17, 15) is 26.7 Å². The molecule has 0 bridgehead atoms. The van der Waals surface area contributed by atoms with Gasteiger partial charge in [0, 0.05) is 6.42 Å². The number of hydrogen-bond donors (Lipinski definition) is 0. The quantitative estimate of drug-likeness (QED) is 0.0449. The molecule has 0 spiro atoms. The molecule has 0 aromatic heterocycles. The first-order valence-electron chi connectivity index (χ1n) is 8.83. The predicted octanol–water partition coefficient (Wildman–Crippen LogP) is 7.45. The van der Waals surface area contributed by atoms with Crippen LogP contribution in [0.2, 0.25) is 6.04 Å². The van der Waals surface area contributed by atoms with Crippen molar-refractivity contribution in [2.75, 3.05) is 0 Å². The summed E-state index contributed by atoms with van der Waals surface area (Å²) >= 11 is 17.3. The van der Waals surface area contributed by atoms with Crippen molar-refractivity contribution in [2.24, 2.45) is 0 Å². The monoisotopic (exact) mass is 484 g/mol. The van der Waals surface area contributed by atoms with Gasteiger partial charge in [-0.25, -0.2) is 13.2 Å². The molecule has 0 atom stereocenters. The summed E-state index contributed by atoms with van der Waals surface area (Å²) in [6.07, 6.45) is 6.52. The average molecular weight is 486 g/mol. The van der Waals surface area contributed by atoms with E-state index in [0.29, 0.717) is 18.9 Å². The molecule has 160 valence electrons. The van der Waals surface area contributed by atoms with Crippen LogP contribution in [0, 0.1) is 29.1 Å². The van der Waals surface area contributed by atoms with Crippen LogP contribution in [-0.2, 0) is 4.79 Å². The molecule has 0 amide bonds. The van der Waals surface area contributed by atoms with Crippen molar-refractivity contribution in [3.05, 3.63) is 29.1 Å². The predicted molar refractivity (Wildman–Crippen MR) is 102 cm³/mol. The lowest BCUT2D eigenvalue weighted by Crippen LogP contribution is -2.13. The Kier molecular flexibility index (Phi) is 11.1. The van der Waals surface area contributed by atoms with Crippen molar-refractivity contribution in [3.8, 4) is 5.75 Å². The standard InChI is InChI=1S/C17H20Cl3F5O2Si/c18-28(19,20)10-8-6-4-2-1-3-5-7-9-11(26)27-17-15(24)13(22)12(21)14(23)16(17)25/h1-10H2. The fourth-order valence-corrected chi connectivity index (χ4v) is 4.35. The minimum absolute atomic E-state index is 0.187. The fourth-order valence-electron chi connectivity index (χ4n) is 2.49. The van der Waals surface area contributed by atoms with Crippen molar-refractivity contribution < 1.29 is 31.5 Å². The van der Waals surface area contributed by atoms with Gasteiger partial charge in [0.15, 0.2) is 0 Å². The first-order valence-corrected chi connectivity index (χ1v) is 14.1. The first-order chi connectivity index (χ1) is 13.0. The number of benzene rings is 1. The Hall–Kier alpha value is -0.573. The zero-order chi connectivity index (χ0) is 21.3. The molecular formula is C17H20Cl3F5O2Si. The van der Waals surface area contributed by atoms with E-state index in [-0.39, 0.29) is 6.42 Å². The second-order valence-corrected chi connectivity index (χ2v) is 15.6. The van der Waals surface area contributed by atoms with Gasteiger partial charge in [0.25, 0.3) is 0 Å². The molecule has 0 saturated carbocycles. The Morgan fingerprint density at radius 2 is 1.07 bits per heavy atom. The van der Waals surface area contributed by atoms with Crippen molar-refractivity contribution in [2.45, 2.75) is 63.8 Å². The molecular weight excluding hydrogens is 466 g/mol. The van der Waals surface area contributed by atoms with Crippen molar-refractivity contribution in [3.63, 3.8) is 0 Å². The van der Waals surface area contributed by atoms with Crippen LogP contribution in [0.25, 0.3) is 0 Å². The highest BCUT2D eigenvalue weighted by atomic mass is 35.8. The smallest absolute Gasteiger partial charge is 0.341 e. The Bertz CT molecular complexity index is 642. The van der Waals surface area contributed by atoms with Crippen LogP contribution >= 0.6 is 33.2 Å². The molecule has 1 rings (SSSR count). The lowest BCUT2D eigenvalue weighted by atomic mass is 10.1. The zero-order valence-electron chi connectivity index (χ0n) is 14.9. The van der Waals surface area contributed by atoms with Gasteiger partial charge in [-0.15, -0.1) is 33.2 Å². The number of carbonyl (C=O) groups is 1. The molecule has 11 heteroatoms. The Balaban J connectivity index is 2.22. The molecule has 0 unspecified atom stereocenters. The third kappa shape index (κ3) is 8.84. The average Bonchev–Trinajstić information content (AvgIpc) is 2.62. The number of hydrogen-bond acceptors (Lipinski definition) is 2. The number of rotatable bonds is 12. The first kappa shape index (κ1) is 25.5. The molecule has 0 aliphatic carbocycles. The summed E-state index contributed by atoms with van der Waals surface area (Å²) < 4.78 is 70.2. The fraction of sp³-hybridized carbons (Fsp3) is 0.588. The second kappa shape index (κ2) is 12.2. The van der Waals surface area contributed by atoms with E-state index >= 15 is 0 Å². The number of ether oxygens (including phenoxy) is 1. The molecule has 0 N–H and O–H groups in total. The van der Waals surface area contributed by atoms with Crippen molar-refractivity contribution in [1.29, 1.82) is 0 Å².